The summed E-state index contributed by atoms with van der Waals surface area (Å²) in [6.07, 6.45) is 0. The first-order valence-electron chi connectivity index (χ1n) is 6.46. The second-order valence-corrected chi connectivity index (χ2v) is 5.18. The number of nitrogens with one attached hydrogen (secondary N) is 1. The number of ether oxygens (including phenoxy) is 1. The highest BCUT2D eigenvalue weighted by molar-refractivity contribution is 5.97. The van der Waals surface area contributed by atoms with E-state index >= 15 is 0 Å². The zero-order valence-corrected chi connectivity index (χ0v) is 12.5. The van der Waals surface area contributed by atoms with Gasteiger partial charge in [-0.15, -0.1) is 0 Å². The Morgan fingerprint density at radius 2 is 1.70 bits per heavy atom. The van der Waals surface area contributed by atoms with Crippen LogP contribution < -0.4 is 10.1 Å². The molecule has 1 atom stereocenters. The van der Waals surface area contributed by atoms with Crippen molar-refractivity contribution in [1.82, 2.24) is 5.32 Å². The molecule has 0 spiro atoms. The van der Waals surface area contributed by atoms with Crippen LogP contribution in [0.25, 0.3) is 0 Å². The second kappa shape index (κ2) is 6.41. The minimum Gasteiger partial charge on any atom is -0.496 e. The predicted molar refractivity (Wildman–Crippen MR) is 76.2 cm³/mol. The fourth-order valence-corrected chi connectivity index (χ4v) is 2.14. The molecule has 1 amide bonds. The Morgan fingerprint density at radius 3 is 2.05 bits per heavy atom. The molecule has 1 aromatic rings. The van der Waals surface area contributed by atoms with Crippen molar-refractivity contribution in [2.45, 2.75) is 33.7 Å². The third-order valence-electron chi connectivity index (χ3n) is 3.15. The highest BCUT2D eigenvalue weighted by atomic mass is 16.5. The molecule has 0 aliphatic heterocycles. The van der Waals surface area contributed by atoms with Crippen molar-refractivity contribution in [3.8, 4) is 5.75 Å². The van der Waals surface area contributed by atoms with E-state index in [-0.39, 0.29) is 11.8 Å². The number of carbonyl (C=O) groups excluding carboxylic acids is 1. The molecule has 2 N–H and O–H groups in total. The number of aliphatic carboxylic acids is 1. The largest absolute Gasteiger partial charge is 0.496 e. The molecule has 0 saturated heterocycles. The number of carboxylic acid groups (broad SMARTS) is 1. The van der Waals surface area contributed by atoms with E-state index in [2.05, 4.69) is 5.32 Å². The van der Waals surface area contributed by atoms with Crippen LogP contribution in [0.4, 0.5) is 0 Å². The SMILES string of the molecule is COc1c(C)cc(C(=O)NC(C(=O)O)C(C)C)cc1C. The van der Waals surface area contributed by atoms with Gasteiger partial charge < -0.3 is 15.2 Å². The Labute approximate surface area is 118 Å². The van der Waals surface area contributed by atoms with Crippen molar-refractivity contribution in [3.63, 3.8) is 0 Å². The molecule has 5 nitrogen and oxygen atoms in total. The molecule has 0 radical (unpaired) electrons. The van der Waals surface area contributed by atoms with Crippen LogP contribution in [-0.2, 0) is 4.79 Å². The third-order valence-corrected chi connectivity index (χ3v) is 3.15. The normalized spacial score (nSPS) is 12.1. The lowest BCUT2D eigenvalue weighted by molar-refractivity contribution is -0.140. The zero-order valence-electron chi connectivity index (χ0n) is 12.5. The Morgan fingerprint density at radius 1 is 1.20 bits per heavy atom. The molecule has 110 valence electrons. The fraction of sp³-hybridized carbons (Fsp3) is 0.467. The van der Waals surface area contributed by atoms with Crippen LogP contribution in [0.3, 0.4) is 0 Å². The van der Waals surface area contributed by atoms with Gasteiger partial charge in [-0.3, -0.25) is 4.79 Å². The van der Waals surface area contributed by atoms with Crippen molar-refractivity contribution in [2.24, 2.45) is 5.92 Å². The van der Waals surface area contributed by atoms with Crippen LogP contribution >= 0.6 is 0 Å². The van der Waals surface area contributed by atoms with E-state index in [1.807, 2.05) is 13.8 Å². The van der Waals surface area contributed by atoms with Crippen LogP contribution in [0.1, 0.15) is 35.3 Å². The number of aryl methyl sites for hydroxylation is 2. The van der Waals surface area contributed by atoms with E-state index in [1.54, 1.807) is 33.1 Å². The van der Waals surface area contributed by atoms with Gasteiger partial charge in [-0.2, -0.15) is 0 Å². The topological polar surface area (TPSA) is 75.6 Å². The summed E-state index contributed by atoms with van der Waals surface area (Å²) in [4.78, 5) is 23.3. The van der Waals surface area contributed by atoms with Gasteiger partial charge in [0.15, 0.2) is 0 Å². The number of carboxylic acids is 1. The van der Waals surface area contributed by atoms with Gasteiger partial charge in [0.05, 0.1) is 7.11 Å². The summed E-state index contributed by atoms with van der Waals surface area (Å²) >= 11 is 0. The first-order chi connectivity index (χ1) is 9.27. The maximum Gasteiger partial charge on any atom is 0.326 e. The van der Waals surface area contributed by atoms with Gasteiger partial charge in [-0.1, -0.05) is 13.8 Å². The third kappa shape index (κ3) is 3.50. The summed E-state index contributed by atoms with van der Waals surface area (Å²) in [5.41, 5.74) is 2.12. The molecule has 0 saturated carbocycles. The quantitative estimate of drug-likeness (QED) is 0.866. The molecule has 0 heterocycles. The van der Waals surface area contributed by atoms with E-state index in [9.17, 15) is 9.59 Å². The second-order valence-electron chi connectivity index (χ2n) is 5.18. The Bertz CT molecular complexity index is 500. The maximum absolute atomic E-state index is 12.2. The van der Waals surface area contributed by atoms with Crippen molar-refractivity contribution in [2.75, 3.05) is 7.11 Å². The number of amides is 1. The highest BCUT2D eigenvalue weighted by Gasteiger charge is 2.24. The molecular formula is C15H21NO4. The van der Waals surface area contributed by atoms with Crippen molar-refractivity contribution >= 4 is 11.9 Å². The summed E-state index contributed by atoms with van der Waals surface area (Å²) in [5.74, 6) is -0.868. The Kier molecular flexibility index (Phi) is 5.13. The average molecular weight is 279 g/mol. The number of rotatable bonds is 5. The number of hydrogen-bond acceptors (Lipinski definition) is 3. The van der Waals surface area contributed by atoms with Crippen molar-refractivity contribution in [3.05, 3.63) is 28.8 Å². The van der Waals surface area contributed by atoms with Gasteiger partial charge in [0, 0.05) is 5.56 Å². The van der Waals surface area contributed by atoms with Gasteiger partial charge >= 0.3 is 5.97 Å². The predicted octanol–water partition coefficient (Wildman–Crippen LogP) is 2.15. The summed E-state index contributed by atoms with van der Waals surface area (Å²) in [7, 11) is 1.58. The van der Waals surface area contributed by atoms with E-state index in [0.29, 0.717) is 5.56 Å². The Balaban J connectivity index is 3.01. The summed E-state index contributed by atoms with van der Waals surface area (Å²) in [6, 6.07) is 2.49. The van der Waals surface area contributed by atoms with Crippen LogP contribution in [0, 0.1) is 19.8 Å². The lowest BCUT2D eigenvalue weighted by atomic mass is 10.0. The van der Waals surface area contributed by atoms with Crippen LogP contribution in [-0.4, -0.2) is 30.1 Å². The number of hydrogen-bond donors (Lipinski definition) is 2. The monoisotopic (exact) mass is 279 g/mol. The van der Waals surface area contributed by atoms with E-state index in [4.69, 9.17) is 9.84 Å². The molecule has 0 bridgehead atoms. The van der Waals surface area contributed by atoms with Crippen LogP contribution in [0.15, 0.2) is 12.1 Å². The van der Waals surface area contributed by atoms with Crippen LogP contribution in [0.2, 0.25) is 0 Å². The molecule has 1 aromatic carbocycles. The molecule has 1 unspecified atom stereocenters. The zero-order chi connectivity index (χ0) is 15.4. The maximum atomic E-state index is 12.2. The molecule has 20 heavy (non-hydrogen) atoms. The smallest absolute Gasteiger partial charge is 0.326 e. The van der Waals surface area contributed by atoms with E-state index in [1.165, 1.54) is 0 Å². The average Bonchev–Trinajstić information content (AvgIpc) is 2.34. The lowest BCUT2D eigenvalue weighted by Gasteiger charge is -2.18. The molecule has 1 rings (SSSR count). The minimum atomic E-state index is -1.03. The minimum absolute atomic E-state index is 0.183. The van der Waals surface area contributed by atoms with Crippen molar-refractivity contribution in [1.29, 1.82) is 0 Å². The van der Waals surface area contributed by atoms with Gasteiger partial charge in [0.1, 0.15) is 11.8 Å². The van der Waals surface area contributed by atoms with Gasteiger partial charge in [0.25, 0.3) is 5.91 Å². The van der Waals surface area contributed by atoms with Gasteiger partial charge in [-0.05, 0) is 43.0 Å². The van der Waals surface area contributed by atoms with Crippen LogP contribution in [0.5, 0.6) is 5.75 Å². The summed E-state index contributed by atoms with van der Waals surface area (Å²) < 4.78 is 5.24. The Hall–Kier alpha value is -2.04. The molecule has 5 heteroatoms. The number of methoxy groups -OCH3 is 1. The molecular weight excluding hydrogens is 258 g/mol. The summed E-state index contributed by atoms with van der Waals surface area (Å²) in [6.45, 7) is 7.20. The molecule has 0 aliphatic rings. The van der Waals surface area contributed by atoms with Crippen molar-refractivity contribution < 1.29 is 19.4 Å². The molecule has 0 aromatic heterocycles. The fourth-order valence-electron chi connectivity index (χ4n) is 2.14. The van der Waals surface area contributed by atoms with E-state index in [0.717, 1.165) is 16.9 Å². The molecule has 0 fully saturated rings. The molecule has 0 aliphatic carbocycles. The summed E-state index contributed by atoms with van der Waals surface area (Å²) in [5, 5.41) is 11.6. The van der Waals surface area contributed by atoms with Gasteiger partial charge in [-0.25, -0.2) is 4.79 Å². The highest BCUT2D eigenvalue weighted by Crippen LogP contribution is 2.24. The first-order valence-corrected chi connectivity index (χ1v) is 6.46. The number of benzene rings is 1. The van der Waals surface area contributed by atoms with Gasteiger partial charge in [0.2, 0.25) is 0 Å². The standard InChI is InChI=1S/C15H21NO4/c1-8(2)12(15(18)19)16-14(17)11-6-9(3)13(20-5)10(4)7-11/h6-8,12H,1-5H3,(H,16,17)(H,18,19). The lowest BCUT2D eigenvalue weighted by Crippen LogP contribution is -2.44. The number of carbonyl (C=O) groups is 2. The first kappa shape index (κ1) is 16.0. The van der Waals surface area contributed by atoms with E-state index < -0.39 is 12.0 Å².